The number of fused-ring (bicyclic) bond motifs is 3. The molecule has 0 saturated carbocycles. The summed E-state index contributed by atoms with van der Waals surface area (Å²) in [5, 5.41) is 14.7. The smallest absolute Gasteiger partial charge is 0.407 e. The van der Waals surface area contributed by atoms with Crippen LogP contribution in [0.2, 0.25) is 0 Å². The molecule has 3 N–H and O–H groups in total. The summed E-state index contributed by atoms with van der Waals surface area (Å²) in [6.07, 6.45) is 0.192. The van der Waals surface area contributed by atoms with Gasteiger partial charge in [0.1, 0.15) is 31.6 Å². The van der Waals surface area contributed by atoms with Crippen molar-refractivity contribution in [1.29, 1.82) is 0 Å². The number of amides is 2. The Bertz CT molecular complexity index is 1280. The number of carbonyl (C=O) groups is 3. The Balaban J connectivity index is 1.26. The highest BCUT2D eigenvalue weighted by Crippen LogP contribution is 2.44. The van der Waals surface area contributed by atoms with Gasteiger partial charge in [-0.25, -0.2) is 14.4 Å². The van der Waals surface area contributed by atoms with Crippen LogP contribution < -0.4 is 15.4 Å². The minimum Gasteiger partial charge on any atom is -0.492 e. The maximum atomic E-state index is 12.6. The molecule has 1 aliphatic carbocycles. The van der Waals surface area contributed by atoms with Crippen LogP contribution in [0.4, 0.5) is 9.59 Å². The largest absolute Gasteiger partial charge is 0.492 e. The number of ether oxygens (including phenoxy) is 3. The number of carboxylic acids is 1. The van der Waals surface area contributed by atoms with Crippen molar-refractivity contribution in [2.45, 2.75) is 18.4 Å². The molecule has 9 nitrogen and oxygen atoms in total. The van der Waals surface area contributed by atoms with E-state index in [2.05, 4.69) is 17.2 Å². The van der Waals surface area contributed by atoms with Gasteiger partial charge in [0.25, 0.3) is 0 Å². The molecule has 0 aliphatic heterocycles. The average molecular weight is 531 g/mol. The first-order valence-corrected chi connectivity index (χ1v) is 12.5. The van der Waals surface area contributed by atoms with E-state index in [1.165, 1.54) is 6.08 Å². The number of nitrogens with one attached hydrogen (secondary N) is 2. The van der Waals surface area contributed by atoms with Crippen molar-refractivity contribution in [3.8, 4) is 16.9 Å². The lowest BCUT2D eigenvalue weighted by molar-refractivity contribution is -0.139. The molecular formula is C30H30N2O7. The number of aliphatic carboxylic acids is 1. The van der Waals surface area contributed by atoms with E-state index < -0.39 is 24.2 Å². The van der Waals surface area contributed by atoms with Gasteiger partial charge in [0.2, 0.25) is 0 Å². The van der Waals surface area contributed by atoms with Crippen LogP contribution in [-0.4, -0.2) is 55.7 Å². The Kier molecular flexibility index (Phi) is 9.18. The molecular weight excluding hydrogens is 500 g/mol. The minimum absolute atomic E-state index is 0.0660. The number of benzene rings is 3. The van der Waals surface area contributed by atoms with Gasteiger partial charge in [0.05, 0.1) is 6.54 Å². The zero-order valence-electron chi connectivity index (χ0n) is 21.3. The van der Waals surface area contributed by atoms with Crippen molar-refractivity contribution in [1.82, 2.24) is 10.6 Å². The monoisotopic (exact) mass is 530 g/mol. The lowest BCUT2D eigenvalue weighted by Gasteiger charge is -2.17. The fourth-order valence-corrected chi connectivity index (χ4v) is 4.45. The molecule has 1 atom stereocenters. The van der Waals surface area contributed by atoms with Crippen molar-refractivity contribution in [2.24, 2.45) is 0 Å². The summed E-state index contributed by atoms with van der Waals surface area (Å²) in [4.78, 5) is 35.8. The molecule has 3 aromatic carbocycles. The summed E-state index contributed by atoms with van der Waals surface area (Å²) < 4.78 is 15.9. The molecule has 0 saturated heterocycles. The Labute approximate surface area is 226 Å². The van der Waals surface area contributed by atoms with Crippen molar-refractivity contribution in [2.75, 3.05) is 26.4 Å². The summed E-state index contributed by atoms with van der Waals surface area (Å²) >= 11 is 0. The van der Waals surface area contributed by atoms with Crippen molar-refractivity contribution < 1.29 is 33.7 Å². The van der Waals surface area contributed by atoms with E-state index in [0.29, 0.717) is 11.3 Å². The third kappa shape index (κ3) is 7.16. The van der Waals surface area contributed by atoms with Crippen molar-refractivity contribution in [3.63, 3.8) is 0 Å². The predicted octanol–water partition coefficient (Wildman–Crippen LogP) is 4.51. The van der Waals surface area contributed by atoms with Crippen LogP contribution in [0, 0.1) is 0 Å². The van der Waals surface area contributed by atoms with Crippen LogP contribution in [0.1, 0.15) is 22.6 Å². The molecule has 2 amide bonds. The molecule has 202 valence electrons. The van der Waals surface area contributed by atoms with Gasteiger partial charge >= 0.3 is 18.2 Å². The molecule has 0 heterocycles. The van der Waals surface area contributed by atoms with Gasteiger partial charge in [-0.05, 0) is 39.9 Å². The molecule has 3 aromatic rings. The van der Waals surface area contributed by atoms with E-state index in [1.807, 2.05) is 48.5 Å². The average Bonchev–Trinajstić information content (AvgIpc) is 3.27. The lowest BCUT2D eigenvalue weighted by Crippen LogP contribution is -2.42. The van der Waals surface area contributed by atoms with E-state index in [-0.39, 0.29) is 38.7 Å². The highest BCUT2D eigenvalue weighted by atomic mass is 16.6. The summed E-state index contributed by atoms with van der Waals surface area (Å²) in [6.45, 7) is 4.17. The molecule has 1 aliphatic rings. The standard InChI is InChI=1S/C30H30N2O7/c1-2-16-38-29(35)31-15-17-37-21-13-11-20(12-14-21)18-27(28(33)34)32-30(36)39-19-26-24-9-5-3-7-22(24)23-8-4-6-10-25(23)26/h2-14,26-27H,1,15-19H2,(H,31,35)(H,32,36)(H,33,34)/t27-/m0/s1. The fraction of sp³-hybridized carbons (Fsp3) is 0.233. The van der Waals surface area contributed by atoms with Gasteiger partial charge in [0.15, 0.2) is 0 Å². The second-order valence-electron chi connectivity index (χ2n) is 8.87. The quantitative estimate of drug-likeness (QED) is 0.233. The molecule has 4 rings (SSSR count). The number of hydrogen-bond acceptors (Lipinski definition) is 6. The van der Waals surface area contributed by atoms with E-state index in [0.717, 1.165) is 22.3 Å². The van der Waals surface area contributed by atoms with E-state index in [1.54, 1.807) is 24.3 Å². The van der Waals surface area contributed by atoms with Crippen LogP contribution in [0.5, 0.6) is 5.75 Å². The summed E-state index contributed by atoms with van der Waals surface area (Å²) in [5.41, 5.74) is 5.07. The Morgan fingerprint density at radius 3 is 2.15 bits per heavy atom. The molecule has 0 spiro atoms. The van der Waals surface area contributed by atoms with E-state index in [4.69, 9.17) is 14.2 Å². The Morgan fingerprint density at radius 1 is 0.897 bits per heavy atom. The van der Waals surface area contributed by atoms with E-state index in [9.17, 15) is 19.5 Å². The number of alkyl carbamates (subject to hydrolysis) is 2. The second kappa shape index (κ2) is 13.1. The third-order valence-corrected chi connectivity index (χ3v) is 6.27. The van der Waals surface area contributed by atoms with E-state index >= 15 is 0 Å². The van der Waals surface area contributed by atoms with Gasteiger partial charge in [-0.3, -0.25) is 0 Å². The summed E-state index contributed by atoms with van der Waals surface area (Å²) in [6, 6.07) is 21.6. The topological polar surface area (TPSA) is 123 Å². The molecule has 0 radical (unpaired) electrons. The van der Waals surface area contributed by atoms with Crippen molar-refractivity contribution in [3.05, 3.63) is 102 Å². The number of carbonyl (C=O) groups excluding carboxylic acids is 2. The van der Waals surface area contributed by atoms with Crippen LogP contribution in [-0.2, 0) is 20.7 Å². The molecule has 39 heavy (non-hydrogen) atoms. The maximum Gasteiger partial charge on any atom is 0.407 e. The SMILES string of the molecule is C=CCOC(=O)NCCOc1ccc(C[C@H](NC(=O)OCC2c3ccccc3-c3ccccc32)C(=O)O)cc1. The first kappa shape index (κ1) is 27.3. The lowest BCUT2D eigenvalue weighted by atomic mass is 9.98. The molecule has 0 fully saturated rings. The fourth-order valence-electron chi connectivity index (χ4n) is 4.45. The molecule has 0 aromatic heterocycles. The first-order valence-electron chi connectivity index (χ1n) is 12.5. The van der Waals surface area contributed by atoms with Crippen LogP contribution in [0.25, 0.3) is 11.1 Å². The number of hydrogen-bond donors (Lipinski definition) is 3. The molecule has 0 unspecified atom stereocenters. The van der Waals surface area contributed by atoms with Crippen LogP contribution in [0.3, 0.4) is 0 Å². The highest BCUT2D eigenvalue weighted by molar-refractivity contribution is 5.81. The second-order valence-corrected chi connectivity index (χ2v) is 8.87. The maximum absolute atomic E-state index is 12.6. The highest BCUT2D eigenvalue weighted by Gasteiger charge is 2.29. The van der Waals surface area contributed by atoms with Gasteiger partial charge in [-0.2, -0.15) is 0 Å². The molecule has 0 bridgehead atoms. The van der Waals surface area contributed by atoms with Gasteiger partial charge in [-0.15, -0.1) is 0 Å². The zero-order chi connectivity index (χ0) is 27.6. The number of carboxylic acid groups (broad SMARTS) is 1. The normalized spacial score (nSPS) is 12.4. The number of rotatable bonds is 12. The Hall–Kier alpha value is -4.79. The first-order chi connectivity index (χ1) is 19.0. The Morgan fingerprint density at radius 2 is 1.54 bits per heavy atom. The third-order valence-electron chi connectivity index (χ3n) is 6.27. The predicted molar refractivity (Wildman–Crippen MR) is 145 cm³/mol. The summed E-state index contributed by atoms with van der Waals surface area (Å²) in [5.74, 6) is -0.735. The van der Waals surface area contributed by atoms with Crippen LogP contribution in [0.15, 0.2) is 85.5 Å². The van der Waals surface area contributed by atoms with Gasteiger partial charge in [0, 0.05) is 12.3 Å². The van der Waals surface area contributed by atoms with Crippen molar-refractivity contribution >= 4 is 18.2 Å². The zero-order valence-corrected chi connectivity index (χ0v) is 21.3. The molecule has 9 heteroatoms. The summed E-state index contributed by atoms with van der Waals surface area (Å²) in [7, 11) is 0. The van der Waals surface area contributed by atoms with Gasteiger partial charge in [-0.1, -0.05) is 73.3 Å². The van der Waals surface area contributed by atoms with Gasteiger partial charge < -0.3 is 30.0 Å². The minimum atomic E-state index is -1.17. The van der Waals surface area contributed by atoms with Crippen LogP contribution >= 0.6 is 0 Å².